The average Bonchev–Trinajstić information content (AvgIpc) is 0.763. The van der Waals surface area contributed by atoms with Crippen LogP contribution in [0.15, 0.2) is 309 Å². The second kappa shape index (κ2) is 36.5. The lowest BCUT2D eigenvalue weighted by atomic mass is 9.99. The normalized spacial score (nSPS) is 11.5. The number of benzene rings is 11. The number of carboxylic acids is 1. The second-order valence-electron chi connectivity index (χ2n) is 25.1. The number of carboxylic acid groups (broad SMARTS) is 1. The molecule has 0 aliphatic carbocycles. The van der Waals surface area contributed by atoms with E-state index >= 15 is 0 Å². The fourth-order valence-electron chi connectivity index (χ4n) is 12.7. The molecule has 16 nitrogen and oxygen atoms in total. The number of carbonyl (C=O) groups excluding carboxylic acids is 3. The van der Waals surface area contributed by atoms with Crippen molar-refractivity contribution in [2.24, 2.45) is 5.73 Å². The molecular formula is C93H79N7O9. The first-order valence-corrected chi connectivity index (χ1v) is 35.5. The van der Waals surface area contributed by atoms with Gasteiger partial charge in [-0.2, -0.15) is 0 Å². The number of terminal acetylenes is 1. The smallest absolute Gasteiger partial charge is 0.348 e. The van der Waals surface area contributed by atoms with E-state index in [1.54, 1.807) is 60.7 Å². The molecule has 0 unspecified atom stereocenters. The van der Waals surface area contributed by atoms with Crippen LogP contribution >= 0.6 is 0 Å². The van der Waals surface area contributed by atoms with E-state index in [4.69, 9.17) is 16.8 Å². The standard InChI is InChI=1S/C41H31N3O4.C25H22N2O2.C16H11NO3.C9H13N.C2H2/c1-2-31(26-16-6-3-7-17-26)44-40(46)35-30-23-13-15-25-33(30)43-37(28-20-10-5-11-21-28)39(35)48-41(47)34-29-22-12-14-24-32(29)42-36(38(34)45)27-18-8-4-9-19-27;1-2-20(17-11-5-3-6-12-17)27-25(29)22-19-15-9-10-16-21(19)26-23(24(22)28)18-13-7-4-8-14-18;18-15-13(16(19)20)11-8-4-5-9-12(11)17-14(15)10-6-2-1-3-7-10;1-2-9(10)8-6-4-3-5-7-8;1-2/h3-25,31,45H,2H2,1H3,(H,44,46);3-16,20,28H,2H2,1H3,(H,27,29);1-9,18H,(H,19,20);3-7,9H,2,10H2,1H3;1-2H/t31-;20-;;9-;/m00.0./s1/i;;;;1D. The summed E-state index contributed by atoms with van der Waals surface area (Å²) in [5.74, 6) is -3.47. The number of para-hydroxylation sites is 4. The van der Waals surface area contributed by atoms with Crippen LogP contribution in [0.2, 0.25) is 0 Å². The molecular weight excluding hydrogens is 1360 g/mol. The number of pyridine rings is 4. The van der Waals surface area contributed by atoms with Crippen LogP contribution in [-0.4, -0.2) is 64.1 Å². The van der Waals surface area contributed by atoms with E-state index < -0.39 is 17.8 Å². The van der Waals surface area contributed by atoms with Gasteiger partial charge in [0.05, 0.1) is 45.3 Å². The molecule has 0 aliphatic rings. The number of amides is 2. The highest BCUT2D eigenvalue weighted by atomic mass is 16.5. The summed E-state index contributed by atoms with van der Waals surface area (Å²) in [4.78, 5) is 72.2. The van der Waals surface area contributed by atoms with E-state index in [0.29, 0.717) is 78.1 Å². The van der Waals surface area contributed by atoms with E-state index in [1.807, 2.05) is 250 Å². The molecule has 109 heavy (non-hydrogen) atoms. The molecule has 15 rings (SSSR count). The third kappa shape index (κ3) is 17.6. The molecule has 16 heteroatoms. The SMILES string of the molecule is CC[C@H](N)c1ccccc1.CC[C@H](NC(=O)c1c(O)c(-c2ccccc2)nc2ccccc12)c1ccccc1.CC[C@H](NC(=O)c1c(OC(=O)c2c(O)c(-c3ccccc3)nc3ccccc23)c(-c2ccccc2)nc2ccccc12)c1ccccc1.O=C(O)c1c(O)c(-c2ccccc2)nc2ccccc12.[2H]C#C. The molecule has 0 bridgehead atoms. The number of carbonyl (C=O) groups is 4. The van der Waals surface area contributed by atoms with Gasteiger partial charge in [0.1, 0.15) is 35.3 Å². The van der Waals surface area contributed by atoms with E-state index in [0.717, 1.165) is 29.5 Å². The molecule has 15 aromatic rings. The number of nitrogens with one attached hydrogen (secondary N) is 2. The van der Waals surface area contributed by atoms with Gasteiger partial charge in [-0.15, -0.1) is 12.8 Å². The number of aromatic hydroxyl groups is 3. The lowest BCUT2D eigenvalue weighted by molar-refractivity contribution is 0.0692. The highest BCUT2D eigenvalue weighted by Crippen LogP contribution is 2.42. The zero-order chi connectivity index (χ0) is 77.5. The first-order valence-electron chi connectivity index (χ1n) is 36.0. The molecule has 540 valence electrons. The molecule has 3 atom stereocenters. The molecule has 11 aromatic carbocycles. The van der Waals surface area contributed by atoms with Gasteiger partial charge < -0.3 is 41.5 Å². The fraction of sp³-hybridized carbons (Fsp3) is 0.0968. The zero-order valence-corrected chi connectivity index (χ0v) is 60.1. The third-order valence-electron chi connectivity index (χ3n) is 18.2. The summed E-state index contributed by atoms with van der Waals surface area (Å²) in [6, 6.07) is 95.0. The number of fused-ring (bicyclic) bond motifs is 4. The first-order chi connectivity index (χ1) is 53.7. The monoisotopic (exact) mass is 1440 g/mol. The van der Waals surface area contributed by atoms with Gasteiger partial charge in [0.15, 0.2) is 23.0 Å². The average molecular weight is 1440 g/mol. The minimum absolute atomic E-state index is 0.00753. The largest absolute Gasteiger partial charge is 0.505 e. The number of rotatable bonds is 17. The van der Waals surface area contributed by atoms with Crippen molar-refractivity contribution in [3.8, 4) is 80.9 Å². The Labute approximate surface area is 633 Å². The third-order valence-corrected chi connectivity index (χ3v) is 18.2. The maximum Gasteiger partial charge on any atom is 0.348 e. The summed E-state index contributed by atoms with van der Waals surface area (Å²) in [6.45, 7) is 6.12. The van der Waals surface area contributed by atoms with Crippen LogP contribution < -0.4 is 21.1 Å². The summed E-state index contributed by atoms with van der Waals surface area (Å²) < 4.78 is 12.0. The van der Waals surface area contributed by atoms with Crippen LogP contribution in [0.4, 0.5) is 0 Å². The number of nitrogens with zero attached hydrogens (tertiary/aromatic N) is 4. The Morgan fingerprint density at radius 2 is 0.642 bits per heavy atom. The van der Waals surface area contributed by atoms with Gasteiger partial charge in [0.2, 0.25) is 0 Å². The zero-order valence-electron chi connectivity index (χ0n) is 61.1. The van der Waals surface area contributed by atoms with Crippen molar-refractivity contribution in [2.45, 2.75) is 58.2 Å². The summed E-state index contributed by atoms with van der Waals surface area (Å²) in [5, 5.41) is 50.6. The molecule has 4 aromatic heterocycles. The van der Waals surface area contributed by atoms with Crippen molar-refractivity contribution in [1.29, 1.82) is 0 Å². The topological polar surface area (TPSA) is 260 Å². The highest BCUT2D eigenvalue weighted by Gasteiger charge is 2.31. The van der Waals surface area contributed by atoms with Gasteiger partial charge in [-0.25, -0.2) is 29.5 Å². The van der Waals surface area contributed by atoms with Gasteiger partial charge in [-0.1, -0.05) is 306 Å². The Morgan fingerprint density at radius 3 is 0.991 bits per heavy atom. The molecule has 0 fully saturated rings. The molecule has 2 amide bonds. The van der Waals surface area contributed by atoms with Crippen molar-refractivity contribution in [2.75, 3.05) is 0 Å². The van der Waals surface area contributed by atoms with Crippen LogP contribution in [0.5, 0.6) is 23.0 Å². The van der Waals surface area contributed by atoms with Crippen molar-refractivity contribution in [3.63, 3.8) is 0 Å². The molecule has 0 saturated carbocycles. The van der Waals surface area contributed by atoms with Gasteiger partial charge in [0.25, 0.3) is 11.8 Å². The fourth-order valence-corrected chi connectivity index (χ4v) is 12.7. The van der Waals surface area contributed by atoms with Crippen LogP contribution in [0, 0.1) is 12.8 Å². The van der Waals surface area contributed by atoms with Crippen molar-refractivity contribution in [3.05, 3.63) is 348 Å². The predicted octanol–water partition coefficient (Wildman–Crippen LogP) is 20.1. The minimum Gasteiger partial charge on any atom is -0.505 e. The highest BCUT2D eigenvalue weighted by molar-refractivity contribution is 6.14. The van der Waals surface area contributed by atoms with E-state index in [1.165, 1.54) is 12.0 Å². The number of hydrogen-bond acceptors (Lipinski definition) is 13. The van der Waals surface area contributed by atoms with Crippen molar-refractivity contribution < 1.29 is 45.7 Å². The Morgan fingerprint density at radius 1 is 0.376 bits per heavy atom. The Hall–Kier alpha value is -14.1. The summed E-state index contributed by atoms with van der Waals surface area (Å²) in [6.07, 6.45) is 8.15. The minimum atomic E-state index is -1.17. The quantitative estimate of drug-likeness (QED) is 0.0330. The van der Waals surface area contributed by atoms with Crippen LogP contribution in [-0.2, 0) is 0 Å². The number of aromatic carboxylic acids is 1. The lowest BCUT2D eigenvalue weighted by Crippen LogP contribution is -2.29. The lowest BCUT2D eigenvalue weighted by Gasteiger charge is -2.21. The number of esters is 1. The van der Waals surface area contributed by atoms with Crippen LogP contribution in [0.25, 0.3) is 88.6 Å². The maximum atomic E-state index is 14.5. The maximum absolute atomic E-state index is 14.5. The second-order valence-corrected chi connectivity index (χ2v) is 25.1. The van der Waals surface area contributed by atoms with Crippen molar-refractivity contribution in [1.82, 2.24) is 30.6 Å². The number of aromatic nitrogens is 4. The number of ether oxygens (including phenoxy) is 1. The summed E-state index contributed by atoms with van der Waals surface area (Å²) in [5.41, 5.74) is 15.5. The van der Waals surface area contributed by atoms with E-state index in [2.05, 4.69) is 51.1 Å². The van der Waals surface area contributed by atoms with E-state index in [9.17, 15) is 39.6 Å². The molecule has 0 spiro atoms. The summed E-state index contributed by atoms with van der Waals surface area (Å²) >= 11 is 0. The van der Waals surface area contributed by atoms with Gasteiger partial charge in [0, 0.05) is 49.8 Å². The van der Waals surface area contributed by atoms with Crippen LogP contribution in [0.3, 0.4) is 0 Å². The Balaban J connectivity index is 0.000000163. The molecule has 0 saturated heterocycles. The first kappa shape index (κ1) is 74.6. The predicted molar refractivity (Wildman–Crippen MR) is 433 cm³/mol. The van der Waals surface area contributed by atoms with Gasteiger partial charge in [-0.05, 0) is 60.2 Å². The number of nitrogens with two attached hydrogens (primary N) is 1. The molecule has 0 aliphatic heterocycles. The molecule has 0 radical (unpaired) electrons. The van der Waals surface area contributed by atoms with Crippen LogP contribution in [0.1, 0.15) is 118 Å². The Bertz CT molecular complexity index is 5730. The summed E-state index contributed by atoms with van der Waals surface area (Å²) in [7, 11) is 0. The van der Waals surface area contributed by atoms with Gasteiger partial charge in [-0.3, -0.25) is 9.59 Å². The number of hydrogen-bond donors (Lipinski definition) is 7. The molecule has 8 N–H and O–H groups in total. The van der Waals surface area contributed by atoms with Crippen molar-refractivity contribution >= 4 is 67.4 Å². The van der Waals surface area contributed by atoms with E-state index in [-0.39, 0.29) is 80.7 Å². The molecule has 4 heterocycles. The van der Waals surface area contributed by atoms with Gasteiger partial charge >= 0.3 is 11.9 Å². The Kier molecular flexibility index (Phi) is 25.0.